The van der Waals surface area contributed by atoms with E-state index in [4.69, 9.17) is 9.47 Å². The van der Waals surface area contributed by atoms with Crippen LogP contribution in [-0.2, 0) is 22.9 Å². The van der Waals surface area contributed by atoms with E-state index in [1.54, 1.807) is 6.07 Å². The molecule has 1 saturated carbocycles. The summed E-state index contributed by atoms with van der Waals surface area (Å²) in [5.74, 6) is 2.86. The Balaban J connectivity index is 1.18. The molecule has 6 rings (SSSR count). The van der Waals surface area contributed by atoms with Crippen molar-refractivity contribution in [3.05, 3.63) is 76.2 Å². The Kier molecular flexibility index (Phi) is 5.78. The highest BCUT2D eigenvalue weighted by molar-refractivity contribution is 7.91. The highest BCUT2D eigenvalue weighted by Crippen LogP contribution is 2.56. The van der Waals surface area contributed by atoms with E-state index in [0.29, 0.717) is 24.3 Å². The Bertz CT molecular complexity index is 1410. The van der Waals surface area contributed by atoms with Gasteiger partial charge in [-0.3, -0.25) is 0 Å². The highest BCUT2D eigenvalue weighted by Gasteiger charge is 2.44. The van der Waals surface area contributed by atoms with Crippen molar-refractivity contribution >= 4 is 9.84 Å². The second kappa shape index (κ2) is 8.87. The van der Waals surface area contributed by atoms with Crippen LogP contribution < -0.4 is 9.47 Å². The van der Waals surface area contributed by atoms with E-state index in [1.165, 1.54) is 23.6 Å². The summed E-state index contributed by atoms with van der Waals surface area (Å²) in [5, 5.41) is 0. The summed E-state index contributed by atoms with van der Waals surface area (Å²) in [6.07, 6.45) is 3.26. The van der Waals surface area contributed by atoms with E-state index >= 15 is 0 Å². The van der Waals surface area contributed by atoms with Crippen molar-refractivity contribution in [3.63, 3.8) is 0 Å². The van der Waals surface area contributed by atoms with Crippen LogP contribution in [0, 0.1) is 25.6 Å². The summed E-state index contributed by atoms with van der Waals surface area (Å²) in [4.78, 5) is 4.63. The Morgan fingerprint density at radius 3 is 2.64 bits per heavy atom. The molecule has 0 spiro atoms. The number of nitrogens with zero attached hydrogens (tertiary/aromatic N) is 1. The Labute approximate surface area is 211 Å². The third-order valence-corrected chi connectivity index (χ3v) is 9.53. The van der Waals surface area contributed by atoms with Crippen LogP contribution >= 0.6 is 0 Å². The molecular formula is C29H30FNO4S. The number of aryl methyl sites for hydroxylation is 2. The van der Waals surface area contributed by atoms with Gasteiger partial charge in [0.25, 0.3) is 0 Å². The fourth-order valence-corrected chi connectivity index (χ4v) is 7.25. The van der Waals surface area contributed by atoms with Crippen LogP contribution in [0.3, 0.4) is 0 Å². The highest BCUT2D eigenvalue weighted by atomic mass is 32.2. The molecule has 1 aliphatic heterocycles. The van der Waals surface area contributed by atoms with Gasteiger partial charge in [0.1, 0.15) is 24.3 Å². The molecule has 2 unspecified atom stereocenters. The van der Waals surface area contributed by atoms with E-state index < -0.39 is 9.84 Å². The minimum atomic E-state index is -2.94. The molecule has 0 N–H and O–H groups in total. The predicted octanol–water partition coefficient (Wildman–Crippen LogP) is 5.70. The fourth-order valence-electron chi connectivity index (χ4n) is 5.80. The topological polar surface area (TPSA) is 65.5 Å². The average molecular weight is 508 g/mol. The van der Waals surface area contributed by atoms with Crippen molar-refractivity contribution in [1.82, 2.24) is 4.98 Å². The largest absolute Gasteiger partial charge is 0.489 e. The van der Waals surface area contributed by atoms with E-state index in [0.717, 1.165) is 46.4 Å². The van der Waals surface area contributed by atoms with E-state index in [9.17, 15) is 12.8 Å². The van der Waals surface area contributed by atoms with Gasteiger partial charge in [0.05, 0.1) is 11.5 Å². The molecule has 3 aliphatic rings. The molecule has 2 fully saturated rings. The number of sulfone groups is 1. The van der Waals surface area contributed by atoms with Crippen molar-refractivity contribution in [2.24, 2.45) is 5.92 Å². The lowest BCUT2D eigenvalue weighted by molar-refractivity contribution is 0.181. The minimum absolute atomic E-state index is 0.148. The monoisotopic (exact) mass is 507 g/mol. The third-order valence-electron chi connectivity index (χ3n) is 7.81. The van der Waals surface area contributed by atoms with Crippen LogP contribution in [0.25, 0.3) is 11.1 Å². The van der Waals surface area contributed by atoms with Gasteiger partial charge in [-0.15, -0.1) is 0 Å². The number of fused-ring (bicyclic) bond motifs is 3. The summed E-state index contributed by atoms with van der Waals surface area (Å²) >= 11 is 0. The maximum Gasteiger partial charge on any atom is 0.214 e. The molecule has 2 atom stereocenters. The Morgan fingerprint density at radius 1 is 1.06 bits per heavy atom. The molecule has 0 amide bonds. The number of hydrogen-bond donors (Lipinski definition) is 0. The lowest BCUT2D eigenvalue weighted by Crippen LogP contribution is -2.31. The molecule has 2 aromatic carbocycles. The van der Waals surface area contributed by atoms with Gasteiger partial charge in [-0.25, -0.2) is 17.8 Å². The zero-order chi connectivity index (χ0) is 25.0. The van der Waals surface area contributed by atoms with Crippen LogP contribution in [0.2, 0.25) is 0 Å². The quantitative estimate of drug-likeness (QED) is 0.428. The van der Waals surface area contributed by atoms with Crippen molar-refractivity contribution < 1.29 is 22.3 Å². The zero-order valence-corrected chi connectivity index (χ0v) is 21.4. The number of benzene rings is 2. The van der Waals surface area contributed by atoms with E-state index in [-0.39, 0.29) is 30.0 Å². The molecule has 36 heavy (non-hydrogen) atoms. The van der Waals surface area contributed by atoms with Gasteiger partial charge in [-0.05, 0) is 97.9 Å². The molecule has 5 nitrogen and oxygen atoms in total. The van der Waals surface area contributed by atoms with Crippen molar-refractivity contribution in [1.29, 1.82) is 0 Å². The molecule has 2 heterocycles. The first-order valence-corrected chi connectivity index (χ1v) is 14.5. The van der Waals surface area contributed by atoms with Crippen molar-refractivity contribution in [2.75, 3.05) is 11.5 Å². The first-order chi connectivity index (χ1) is 17.3. The van der Waals surface area contributed by atoms with E-state index in [1.807, 2.05) is 32.0 Å². The summed E-state index contributed by atoms with van der Waals surface area (Å²) in [6.45, 7) is 4.05. The van der Waals surface area contributed by atoms with Crippen LogP contribution in [-0.4, -0.2) is 31.0 Å². The second-order valence-electron chi connectivity index (χ2n) is 10.5. The number of ether oxygens (including phenoxy) is 2. The fraction of sp³-hybridized carbons (Fsp3) is 0.414. The minimum Gasteiger partial charge on any atom is -0.489 e. The standard InChI is InChI=1S/C29H30FNO4S/c1-17-11-28(35-23-7-9-36(32,33)10-8-23)31-18(2)29(17)19-3-6-27(30)22(12-19)16-34-24-4-5-25-20(14-24)13-21-15-26(21)25/h3-6,11-12,14,21,23,26H,7-10,13,15-16H2,1-2H3. The number of hydrogen-bond acceptors (Lipinski definition) is 5. The Morgan fingerprint density at radius 2 is 1.86 bits per heavy atom. The average Bonchev–Trinajstić information content (AvgIpc) is 3.51. The second-order valence-corrected chi connectivity index (χ2v) is 12.8. The molecule has 188 valence electrons. The normalized spacial score (nSPS) is 22.1. The van der Waals surface area contributed by atoms with Crippen LogP contribution in [0.4, 0.5) is 4.39 Å². The summed E-state index contributed by atoms with van der Waals surface area (Å²) in [5.41, 5.74) is 6.89. The number of rotatable bonds is 6. The lowest BCUT2D eigenvalue weighted by atomic mass is 9.97. The molecule has 1 saturated heterocycles. The molecule has 3 aromatic rings. The maximum absolute atomic E-state index is 14.7. The Hall–Kier alpha value is -2.93. The van der Waals surface area contributed by atoms with Crippen molar-refractivity contribution in [3.8, 4) is 22.8 Å². The molecule has 1 aromatic heterocycles. The maximum atomic E-state index is 14.7. The van der Waals surface area contributed by atoms with Crippen LogP contribution in [0.5, 0.6) is 11.6 Å². The third kappa shape index (κ3) is 4.61. The van der Waals surface area contributed by atoms with Gasteiger partial charge in [0, 0.05) is 22.9 Å². The van der Waals surface area contributed by atoms with Gasteiger partial charge in [0.15, 0.2) is 9.84 Å². The molecule has 0 radical (unpaired) electrons. The number of aromatic nitrogens is 1. The molecule has 2 aliphatic carbocycles. The van der Waals surface area contributed by atoms with Crippen LogP contribution in [0.1, 0.15) is 53.1 Å². The smallest absolute Gasteiger partial charge is 0.214 e. The number of halogens is 1. The van der Waals surface area contributed by atoms with Gasteiger partial charge in [0.2, 0.25) is 5.88 Å². The predicted molar refractivity (Wildman–Crippen MR) is 137 cm³/mol. The van der Waals surface area contributed by atoms with Gasteiger partial charge >= 0.3 is 0 Å². The van der Waals surface area contributed by atoms with Crippen LogP contribution in [0.15, 0.2) is 42.5 Å². The van der Waals surface area contributed by atoms with Gasteiger partial charge in [-0.2, -0.15) is 0 Å². The lowest BCUT2D eigenvalue weighted by Gasteiger charge is -2.23. The summed E-state index contributed by atoms with van der Waals surface area (Å²) in [7, 11) is -2.94. The van der Waals surface area contributed by atoms with E-state index in [2.05, 4.69) is 17.1 Å². The summed E-state index contributed by atoms with van der Waals surface area (Å²) < 4.78 is 50.1. The number of pyridine rings is 1. The van der Waals surface area contributed by atoms with Crippen molar-refractivity contribution in [2.45, 2.75) is 58.2 Å². The van der Waals surface area contributed by atoms with Gasteiger partial charge < -0.3 is 9.47 Å². The SMILES string of the molecule is Cc1cc(OC2CCS(=O)(=O)CC2)nc(C)c1-c1ccc(F)c(COc2ccc3c(c2)CC2CC32)c1. The molecule has 7 heteroatoms. The molecule has 0 bridgehead atoms. The first kappa shape index (κ1) is 23.5. The molecular weight excluding hydrogens is 477 g/mol. The summed E-state index contributed by atoms with van der Waals surface area (Å²) in [6, 6.07) is 13.2. The first-order valence-electron chi connectivity index (χ1n) is 12.7. The zero-order valence-electron chi connectivity index (χ0n) is 20.6. The van der Waals surface area contributed by atoms with Gasteiger partial charge in [-0.1, -0.05) is 12.1 Å².